The van der Waals surface area contributed by atoms with Crippen molar-refractivity contribution in [2.45, 2.75) is 39.4 Å². The molecule has 37 heavy (non-hydrogen) atoms. The maximum atomic E-state index is 14.4. The Balaban J connectivity index is 1.81. The average Bonchev–Trinajstić information content (AvgIpc) is 3.15. The van der Waals surface area contributed by atoms with Gasteiger partial charge in [-0.05, 0) is 53.6 Å². The Morgan fingerprint density at radius 1 is 0.919 bits per heavy atom. The van der Waals surface area contributed by atoms with E-state index in [0.29, 0.717) is 23.1 Å². The number of hydrogen-bond donors (Lipinski definition) is 1. The summed E-state index contributed by atoms with van der Waals surface area (Å²) in [5.74, 6) is -0.902. The van der Waals surface area contributed by atoms with Crippen LogP contribution in [0.25, 0.3) is 16.8 Å². The lowest BCUT2D eigenvalue weighted by molar-refractivity contribution is -0.143. The highest BCUT2D eigenvalue weighted by Crippen LogP contribution is 2.34. The Morgan fingerprint density at radius 2 is 1.54 bits per heavy atom. The van der Waals surface area contributed by atoms with Gasteiger partial charge < -0.3 is 5.11 Å². The van der Waals surface area contributed by atoms with Crippen molar-refractivity contribution >= 4 is 5.97 Å². The predicted molar refractivity (Wildman–Crippen MR) is 136 cm³/mol. The summed E-state index contributed by atoms with van der Waals surface area (Å²) >= 11 is 0. The molecule has 5 nitrogen and oxygen atoms in total. The molecule has 4 aromatic rings. The molecule has 0 aliphatic rings. The summed E-state index contributed by atoms with van der Waals surface area (Å²) in [4.78, 5) is 25.1. The van der Waals surface area contributed by atoms with Gasteiger partial charge in [-0.15, -0.1) is 0 Å². The van der Waals surface area contributed by atoms with Crippen molar-refractivity contribution in [3.05, 3.63) is 112 Å². The SMILES string of the molecule is CC(C)CCc1c(C(F)(F)F)n(-c2ccccc2)c(=O)n1Cc1ccc(-c2ccccc2C(=O)O)cc1. The number of rotatable bonds is 8. The van der Waals surface area contributed by atoms with Crippen LogP contribution in [0, 0.1) is 5.92 Å². The Kier molecular flexibility index (Phi) is 7.38. The summed E-state index contributed by atoms with van der Waals surface area (Å²) in [5, 5.41) is 9.48. The lowest BCUT2D eigenvalue weighted by Gasteiger charge is -2.14. The Morgan fingerprint density at radius 3 is 2.14 bits per heavy atom. The van der Waals surface area contributed by atoms with Gasteiger partial charge in [0.15, 0.2) is 5.69 Å². The van der Waals surface area contributed by atoms with Gasteiger partial charge in [-0.2, -0.15) is 13.2 Å². The summed E-state index contributed by atoms with van der Waals surface area (Å²) in [6, 6.07) is 21.3. The van der Waals surface area contributed by atoms with E-state index in [2.05, 4.69) is 0 Å². The molecule has 0 saturated heterocycles. The van der Waals surface area contributed by atoms with E-state index in [1.165, 1.54) is 22.8 Å². The van der Waals surface area contributed by atoms with Crippen LogP contribution >= 0.6 is 0 Å². The van der Waals surface area contributed by atoms with Gasteiger partial charge in [-0.25, -0.2) is 9.59 Å². The normalized spacial score (nSPS) is 11.7. The maximum Gasteiger partial charge on any atom is 0.433 e. The third-order valence-electron chi connectivity index (χ3n) is 6.25. The summed E-state index contributed by atoms with van der Waals surface area (Å²) in [6.45, 7) is 3.81. The number of halogens is 3. The van der Waals surface area contributed by atoms with Crippen LogP contribution in [-0.4, -0.2) is 20.2 Å². The minimum absolute atomic E-state index is 0.0456. The zero-order valence-electron chi connectivity index (χ0n) is 20.5. The molecule has 0 atom stereocenters. The summed E-state index contributed by atoms with van der Waals surface area (Å²) < 4.78 is 45.1. The van der Waals surface area contributed by atoms with Gasteiger partial charge >= 0.3 is 17.8 Å². The number of aromatic carboxylic acids is 1. The average molecular weight is 509 g/mol. The topological polar surface area (TPSA) is 64.2 Å². The van der Waals surface area contributed by atoms with Crippen molar-refractivity contribution in [3.8, 4) is 16.8 Å². The molecule has 0 fully saturated rings. The molecule has 0 bridgehead atoms. The van der Waals surface area contributed by atoms with Crippen LogP contribution in [0.15, 0.2) is 83.7 Å². The molecule has 1 N–H and O–H groups in total. The van der Waals surface area contributed by atoms with E-state index in [1.54, 1.807) is 60.7 Å². The van der Waals surface area contributed by atoms with E-state index in [-0.39, 0.29) is 35.8 Å². The third-order valence-corrected chi connectivity index (χ3v) is 6.25. The van der Waals surface area contributed by atoms with E-state index < -0.39 is 23.5 Å². The van der Waals surface area contributed by atoms with Crippen molar-refractivity contribution in [2.75, 3.05) is 0 Å². The molecule has 1 aromatic heterocycles. The molecule has 0 aliphatic heterocycles. The Labute approximate surface area is 212 Å². The second-order valence-corrected chi connectivity index (χ2v) is 9.31. The minimum Gasteiger partial charge on any atom is -0.478 e. The van der Waals surface area contributed by atoms with Crippen LogP contribution < -0.4 is 5.69 Å². The fourth-order valence-corrected chi connectivity index (χ4v) is 4.43. The smallest absolute Gasteiger partial charge is 0.433 e. The largest absolute Gasteiger partial charge is 0.478 e. The molecule has 0 unspecified atom stereocenters. The van der Waals surface area contributed by atoms with E-state index >= 15 is 0 Å². The van der Waals surface area contributed by atoms with Crippen molar-refractivity contribution in [1.82, 2.24) is 9.13 Å². The third kappa shape index (κ3) is 5.53. The van der Waals surface area contributed by atoms with Gasteiger partial charge in [-0.3, -0.25) is 9.13 Å². The molecule has 1 heterocycles. The van der Waals surface area contributed by atoms with E-state index in [9.17, 15) is 27.9 Å². The first kappa shape index (κ1) is 26.0. The molecule has 0 radical (unpaired) electrons. The van der Waals surface area contributed by atoms with Crippen molar-refractivity contribution < 1.29 is 23.1 Å². The van der Waals surface area contributed by atoms with Crippen LogP contribution in [0.4, 0.5) is 13.2 Å². The van der Waals surface area contributed by atoms with Gasteiger partial charge in [-0.1, -0.05) is 74.5 Å². The number of imidazole rings is 1. The Hall–Kier alpha value is -4.07. The number of carboxylic acids is 1. The molecule has 8 heteroatoms. The number of para-hydroxylation sites is 1. The van der Waals surface area contributed by atoms with Crippen LogP contribution in [0.3, 0.4) is 0 Å². The highest BCUT2D eigenvalue weighted by Gasteiger charge is 2.41. The van der Waals surface area contributed by atoms with Crippen molar-refractivity contribution in [1.29, 1.82) is 0 Å². The lowest BCUT2D eigenvalue weighted by atomic mass is 9.98. The lowest BCUT2D eigenvalue weighted by Crippen LogP contribution is -2.26. The monoisotopic (exact) mass is 508 g/mol. The van der Waals surface area contributed by atoms with Crippen LogP contribution in [0.2, 0.25) is 0 Å². The molecule has 4 rings (SSSR count). The van der Waals surface area contributed by atoms with Crippen molar-refractivity contribution in [3.63, 3.8) is 0 Å². The van der Waals surface area contributed by atoms with E-state index in [1.807, 2.05) is 13.8 Å². The Bertz CT molecular complexity index is 1450. The van der Waals surface area contributed by atoms with E-state index in [4.69, 9.17) is 0 Å². The highest BCUT2D eigenvalue weighted by molar-refractivity contribution is 5.95. The van der Waals surface area contributed by atoms with Gasteiger partial charge in [0.25, 0.3) is 0 Å². The quantitative estimate of drug-likeness (QED) is 0.290. The van der Waals surface area contributed by atoms with Gasteiger partial charge in [0.1, 0.15) is 0 Å². The van der Waals surface area contributed by atoms with E-state index in [0.717, 1.165) is 4.57 Å². The zero-order valence-corrected chi connectivity index (χ0v) is 20.5. The first-order valence-electron chi connectivity index (χ1n) is 12.0. The number of hydrogen-bond acceptors (Lipinski definition) is 2. The minimum atomic E-state index is -4.73. The zero-order chi connectivity index (χ0) is 26.7. The standard InChI is InChI=1S/C29H27F3N2O3/c1-19(2)12-17-25-26(29(30,31)32)34(22-8-4-3-5-9-22)28(37)33(25)18-20-13-15-21(16-14-20)23-10-6-7-11-24(23)27(35)36/h3-11,13-16,19H,12,17-18H2,1-2H3,(H,35,36). The fourth-order valence-electron chi connectivity index (χ4n) is 4.43. The summed E-state index contributed by atoms with van der Waals surface area (Å²) in [7, 11) is 0. The molecule has 0 amide bonds. The molecule has 192 valence electrons. The summed E-state index contributed by atoms with van der Waals surface area (Å²) in [6.07, 6.45) is -4.13. The van der Waals surface area contributed by atoms with Gasteiger partial charge in [0.2, 0.25) is 0 Å². The number of alkyl halides is 3. The first-order valence-corrected chi connectivity index (χ1v) is 12.0. The summed E-state index contributed by atoms with van der Waals surface area (Å²) in [5.41, 5.74) is 0.382. The van der Waals surface area contributed by atoms with Crippen LogP contribution in [0.5, 0.6) is 0 Å². The van der Waals surface area contributed by atoms with Gasteiger partial charge in [0.05, 0.1) is 23.5 Å². The molecular weight excluding hydrogens is 481 g/mol. The second kappa shape index (κ2) is 10.5. The highest BCUT2D eigenvalue weighted by atomic mass is 19.4. The first-order chi connectivity index (χ1) is 17.6. The molecule has 0 spiro atoms. The second-order valence-electron chi connectivity index (χ2n) is 9.31. The number of carboxylic acid groups (broad SMARTS) is 1. The maximum absolute atomic E-state index is 14.4. The number of carbonyl (C=O) groups is 1. The van der Waals surface area contributed by atoms with Crippen LogP contribution in [-0.2, 0) is 19.1 Å². The molecule has 3 aromatic carbocycles. The van der Waals surface area contributed by atoms with Crippen LogP contribution in [0.1, 0.15) is 47.6 Å². The number of nitrogens with zero attached hydrogens (tertiary/aromatic N) is 2. The van der Waals surface area contributed by atoms with Crippen molar-refractivity contribution in [2.24, 2.45) is 5.92 Å². The molecular formula is C29H27F3N2O3. The predicted octanol–water partition coefficient (Wildman–Crippen LogP) is 6.66. The van der Waals surface area contributed by atoms with Gasteiger partial charge in [0, 0.05) is 0 Å². The molecule has 0 saturated carbocycles. The fraction of sp³-hybridized carbons (Fsp3) is 0.241. The number of benzene rings is 3. The number of aromatic nitrogens is 2. The molecule has 0 aliphatic carbocycles.